The van der Waals surface area contributed by atoms with Gasteiger partial charge in [-0.15, -0.1) is 0 Å². The first kappa shape index (κ1) is 18.3. The van der Waals surface area contributed by atoms with Gasteiger partial charge in [-0.2, -0.15) is 0 Å². The molecule has 1 atom stereocenters. The molecule has 1 aliphatic carbocycles. The molecule has 1 aromatic carbocycles. The number of hydrogen-bond acceptors (Lipinski definition) is 3. The highest BCUT2D eigenvalue weighted by atomic mass is 16.4. The highest BCUT2D eigenvalue weighted by molar-refractivity contribution is 5.92. The van der Waals surface area contributed by atoms with Crippen molar-refractivity contribution in [2.45, 2.75) is 58.0 Å². The molecule has 2 fully saturated rings. The molecule has 0 spiro atoms. The van der Waals surface area contributed by atoms with Crippen LogP contribution in [0.5, 0.6) is 0 Å². The van der Waals surface area contributed by atoms with Gasteiger partial charge in [0, 0.05) is 19.1 Å². The third-order valence-corrected chi connectivity index (χ3v) is 6.41. The van der Waals surface area contributed by atoms with Crippen molar-refractivity contribution in [1.29, 1.82) is 0 Å². The van der Waals surface area contributed by atoms with E-state index in [1.165, 1.54) is 6.42 Å². The number of imidazole rings is 1. The van der Waals surface area contributed by atoms with Crippen LogP contribution < -0.4 is 5.69 Å². The number of aromatic nitrogens is 2. The number of carboxylic acids is 1. The van der Waals surface area contributed by atoms with Gasteiger partial charge < -0.3 is 10.0 Å². The van der Waals surface area contributed by atoms with Crippen molar-refractivity contribution < 1.29 is 9.90 Å². The largest absolute Gasteiger partial charge is 0.478 e. The second-order valence-corrected chi connectivity index (χ2v) is 8.11. The summed E-state index contributed by atoms with van der Waals surface area (Å²) in [4.78, 5) is 27.3. The van der Waals surface area contributed by atoms with E-state index in [1.54, 1.807) is 12.1 Å². The number of hydrogen-bond donors (Lipinski definition) is 1. The van der Waals surface area contributed by atoms with Gasteiger partial charge in [0.05, 0.1) is 16.6 Å². The monoisotopic (exact) mass is 371 g/mol. The molecule has 146 valence electrons. The van der Waals surface area contributed by atoms with Gasteiger partial charge in [-0.1, -0.05) is 26.2 Å². The number of nitrogens with zero attached hydrogens (tertiary/aromatic N) is 3. The molecule has 6 heteroatoms. The molecule has 1 N–H and O–H groups in total. The van der Waals surface area contributed by atoms with Crippen molar-refractivity contribution >= 4 is 17.0 Å². The average molecular weight is 371 g/mol. The lowest BCUT2D eigenvalue weighted by atomic mass is 9.95. The van der Waals surface area contributed by atoms with Crippen LogP contribution >= 0.6 is 0 Å². The molecule has 0 amide bonds. The van der Waals surface area contributed by atoms with Crippen LogP contribution in [0.4, 0.5) is 0 Å². The molecule has 2 heterocycles. The van der Waals surface area contributed by atoms with E-state index in [2.05, 4.69) is 11.8 Å². The summed E-state index contributed by atoms with van der Waals surface area (Å²) in [5, 5.41) is 9.41. The van der Waals surface area contributed by atoms with Crippen LogP contribution in [-0.2, 0) is 6.54 Å². The van der Waals surface area contributed by atoms with Gasteiger partial charge in [0.2, 0.25) is 0 Å². The Morgan fingerprint density at radius 3 is 2.59 bits per heavy atom. The summed E-state index contributed by atoms with van der Waals surface area (Å²) in [7, 11) is 0. The Morgan fingerprint density at radius 2 is 1.93 bits per heavy atom. The summed E-state index contributed by atoms with van der Waals surface area (Å²) in [6.07, 6.45) is 6.71. The lowest BCUT2D eigenvalue weighted by Gasteiger charge is -2.23. The first-order chi connectivity index (χ1) is 13.1. The van der Waals surface area contributed by atoms with Crippen molar-refractivity contribution in [3.63, 3.8) is 0 Å². The standard InChI is InChI=1S/C21H29N3O3/c1-2-22-11-10-15(13-22)14-23-19-12-16(20(25)26)8-9-18(19)24(21(23)27)17-6-4-3-5-7-17/h8-9,12,15,17H,2-7,10-11,13-14H2,1H3,(H,25,26). The minimum absolute atomic E-state index is 0.0365. The molecule has 1 saturated heterocycles. The van der Waals surface area contributed by atoms with Gasteiger partial charge in [0.1, 0.15) is 0 Å². The second-order valence-electron chi connectivity index (χ2n) is 8.11. The maximum Gasteiger partial charge on any atom is 0.335 e. The molecule has 0 bridgehead atoms. The Bertz CT molecular complexity index is 892. The van der Waals surface area contributed by atoms with Crippen molar-refractivity contribution in [1.82, 2.24) is 14.0 Å². The fraction of sp³-hybridized carbons (Fsp3) is 0.619. The quantitative estimate of drug-likeness (QED) is 0.875. The molecule has 27 heavy (non-hydrogen) atoms. The van der Waals surface area contributed by atoms with E-state index in [9.17, 15) is 14.7 Å². The first-order valence-electron chi connectivity index (χ1n) is 10.3. The molecule has 6 nitrogen and oxygen atoms in total. The smallest absolute Gasteiger partial charge is 0.335 e. The number of aromatic carboxylic acids is 1. The summed E-state index contributed by atoms with van der Waals surface area (Å²) >= 11 is 0. The Morgan fingerprint density at radius 1 is 1.15 bits per heavy atom. The number of rotatable bonds is 5. The Hall–Kier alpha value is -2.08. The molecule has 4 rings (SSSR count). The van der Waals surface area contributed by atoms with E-state index in [-0.39, 0.29) is 17.3 Å². The van der Waals surface area contributed by atoms with Gasteiger partial charge in [-0.3, -0.25) is 9.13 Å². The predicted octanol–water partition coefficient (Wildman–Crippen LogP) is 3.35. The third kappa shape index (κ3) is 3.43. The van der Waals surface area contributed by atoms with E-state index in [1.807, 2.05) is 15.2 Å². The molecule has 1 saturated carbocycles. The highest BCUT2D eigenvalue weighted by Crippen LogP contribution is 2.31. The Kier molecular flexibility index (Phi) is 5.08. The van der Waals surface area contributed by atoms with Crippen LogP contribution in [-0.4, -0.2) is 44.7 Å². The van der Waals surface area contributed by atoms with E-state index >= 15 is 0 Å². The predicted molar refractivity (Wildman–Crippen MR) is 106 cm³/mol. The third-order valence-electron chi connectivity index (χ3n) is 6.41. The summed E-state index contributed by atoms with van der Waals surface area (Å²) in [5.74, 6) is -0.499. The van der Waals surface area contributed by atoms with Crippen molar-refractivity contribution in [3.05, 3.63) is 34.2 Å². The molecule has 0 radical (unpaired) electrons. The number of carbonyl (C=O) groups is 1. The summed E-state index contributed by atoms with van der Waals surface area (Å²) in [6, 6.07) is 5.38. The zero-order chi connectivity index (χ0) is 19.0. The SMILES string of the molecule is CCN1CCC(Cn2c(=O)n(C3CCCCC3)c3ccc(C(=O)O)cc32)C1. The second kappa shape index (κ2) is 7.50. The normalized spacial score (nSPS) is 21.9. The van der Waals surface area contributed by atoms with Crippen LogP contribution in [0.2, 0.25) is 0 Å². The molecular weight excluding hydrogens is 342 g/mol. The van der Waals surface area contributed by atoms with E-state index in [4.69, 9.17) is 0 Å². The molecular formula is C21H29N3O3. The molecule has 1 aromatic heterocycles. The van der Waals surface area contributed by atoms with Crippen LogP contribution in [0.15, 0.2) is 23.0 Å². The topological polar surface area (TPSA) is 67.5 Å². The van der Waals surface area contributed by atoms with Crippen molar-refractivity contribution in [3.8, 4) is 0 Å². The van der Waals surface area contributed by atoms with Crippen LogP contribution in [0.3, 0.4) is 0 Å². The van der Waals surface area contributed by atoms with E-state index in [0.29, 0.717) is 12.5 Å². The zero-order valence-electron chi connectivity index (χ0n) is 16.1. The van der Waals surface area contributed by atoms with Crippen LogP contribution in [0.1, 0.15) is 61.8 Å². The summed E-state index contributed by atoms with van der Waals surface area (Å²) in [5.41, 5.74) is 1.95. The number of benzene rings is 1. The minimum Gasteiger partial charge on any atom is -0.478 e. The molecule has 1 unspecified atom stereocenters. The summed E-state index contributed by atoms with van der Waals surface area (Å²) in [6.45, 7) is 5.98. The van der Waals surface area contributed by atoms with E-state index < -0.39 is 5.97 Å². The van der Waals surface area contributed by atoms with Gasteiger partial charge in [0.15, 0.2) is 0 Å². The van der Waals surface area contributed by atoms with Gasteiger partial charge in [0.25, 0.3) is 0 Å². The highest BCUT2D eigenvalue weighted by Gasteiger charge is 2.27. The number of likely N-dealkylation sites (tertiary alicyclic amines) is 1. The number of fused-ring (bicyclic) bond motifs is 1. The fourth-order valence-electron chi connectivity index (χ4n) is 4.89. The van der Waals surface area contributed by atoms with Crippen molar-refractivity contribution in [2.24, 2.45) is 5.92 Å². The Labute approximate surface area is 159 Å². The van der Waals surface area contributed by atoms with Gasteiger partial charge >= 0.3 is 11.7 Å². The van der Waals surface area contributed by atoms with Gasteiger partial charge in [-0.05, 0) is 56.5 Å². The average Bonchev–Trinajstić information content (AvgIpc) is 3.25. The van der Waals surface area contributed by atoms with Gasteiger partial charge in [-0.25, -0.2) is 9.59 Å². The van der Waals surface area contributed by atoms with Crippen molar-refractivity contribution in [2.75, 3.05) is 19.6 Å². The molecule has 2 aliphatic rings. The fourth-order valence-corrected chi connectivity index (χ4v) is 4.89. The lowest BCUT2D eigenvalue weighted by Crippen LogP contribution is -2.31. The zero-order valence-corrected chi connectivity index (χ0v) is 16.1. The Balaban J connectivity index is 1.78. The van der Waals surface area contributed by atoms with E-state index in [0.717, 1.165) is 62.8 Å². The first-order valence-corrected chi connectivity index (χ1v) is 10.3. The maximum atomic E-state index is 13.4. The maximum absolute atomic E-state index is 13.4. The minimum atomic E-state index is -0.945. The molecule has 1 aliphatic heterocycles. The summed E-state index contributed by atoms with van der Waals surface area (Å²) < 4.78 is 3.80. The lowest BCUT2D eigenvalue weighted by molar-refractivity contribution is 0.0697. The van der Waals surface area contributed by atoms with Crippen LogP contribution in [0.25, 0.3) is 11.0 Å². The van der Waals surface area contributed by atoms with Crippen LogP contribution in [0, 0.1) is 5.92 Å². The number of carboxylic acid groups (broad SMARTS) is 1. The molecule has 2 aromatic rings.